The molecule has 1 aliphatic rings. The third-order valence-corrected chi connectivity index (χ3v) is 2.92. The molecular weight excluding hydrogens is 263 g/mol. The zero-order valence-corrected chi connectivity index (χ0v) is 8.91. The zero-order valence-electron chi connectivity index (χ0n) is 6.76. The first kappa shape index (κ1) is 8.31. The fourth-order valence-electron chi connectivity index (χ4n) is 1.41. The molecule has 0 radical (unpaired) electrons. The van der Waals surface area contributed by atoms with E-state index < -0.39 is 0 Å². The van der Waals surface area contributed by atoms with E-state index in [1.54, 1.807) is 0 Å². The number of para-hydroxylation sites is 1. The Morgan fingerprint density at radius 1 is 1.33 bits per heavy atom. The highest BCUT2D eigenvalue weighted by Crippen LogP contribution is 2.21. The second-order valence-corrected chi connectivity index (χ2v) is 4.03. The van der Waals surface area contributed by atoms with Crippen LogP contribution in [-0.4, -0.2) is 13.1 Å². The van der Waals surface area contributed by atoms with E-state index in [2.05, 4.69) is 57.3 Å². The molecule has 0 spiro atoms. The molecule has 0 bridgehead atoms. The van der Waals surface area contributed by atoms with Crippen molar-refractivity contribution in [2.45, 2.75) is 6.42 Å². The van der Waals surface area contributed by atoms with Crippen molar-refractivity contribution in [3.63, 3.8) is 0 Å². The number of nitrogens with zero attached hydrogens (tertiary/aromatic N) is 1. The molecule has 1 saturated heterocycles. The molecule has 3 heteroatoms. The maximum absolute atomic E-state index is 3.34. The zero-order chi connectivity index (χ0) is 8.39. The number of anilines is 1. The Morgan fingerprint density at radius 3 is 2.83 bits per heavy atom. The first-order chi connectivity index (χ1) is 5.88. The summed E-state index contributed by atoms with van der Waals surface area (Å²) in [5, 5.41) is 2.22. The minimum absolute atomic E-state index is 1.10. The van der Waals surface area contributed by atoms with E-state index in [0.29, 0.717) is 0 Å². The van der Waals surface area contributed by atoms with Gasteiger partial charge in [-0.3, -0.25) is 0 Å². The monoisotopic (exact) mass is 274 g/mol. The van der Waals surface area contributed by atoms with Gasteiger partial charge in [0.1, 0.15) is 0 Å². The van der Waals surface area contributed by atoms with Gasteiger partial charge in [0.05, 0.1) is 5.69 Å². The van der Waals surface area contributed by atoms with Crippen LogP contribution in [0.25, 0.3) is 0 Å². The molecule has 1 aliphatic heterocycles. The number of benzene rings is 1. The van der Waals surface area contributed by atoms with E-state index in [1.807, 2.05) is 0 Å². The fraction of sp³-hybridized carbons (Fsp3) is 0.333. The summed E-state index contributed by atoms with van der Waals surface area (Å²) in [7, 11) is 0. The maximum atomic E-state index is 3.34. The number of hydrogen-bond donors (Lipinski definition) is 1. The molecule has 0 saturated carbocycles. The Hall–Kier alpha value is -0.290. The van der Waals surface area contributed by atoms with Gasteiger partial charge in [0.2, 0.25) is 0 Å². The molecule has 0 amide bonds. The summed E-state index contributed by atoms with van der Waals surface area (Å²) in [6.45, 7) is 2.23. The van der Waals surface area contributed by atoms with Crippen LogP contribution >= 0.6 is 22.6 Å². The van der Waals surface area contributed by atoms with E-state index in [4.69, 9.17) is 0 Å². The smallest absolute Gasteiger partial charge is 0.0653 e. The minimum atomic E-state index is 1.10. The van der Waals surface area contributed by atoms with Crippen LogP contribution in [0, 0.1) is 3.57 Å². The SMILES string of the molecule is Ic1ccccc1N1CCCN1. The van der Waals surface area contributed by atoms with Crippen LogP contribution in [0.1, 0.15) is 6.42 Å². The molecule has 0 aromatic heterocycles. The second-order valence-electron chi connectivity index (χ2n) is 2.86. The lowest BCUT2D eigenvalue weighted by atomic mass is 10.3. The van der Waals surface area contributed by atoms with Crippen molar-refractivity contribution in [2.24, 2.45) is 0 Å². The highest BCUT2D eigenvalue weighted by Gasteiger charge is 2.12. The van der Waals surface area contributed by atoms with Gasteiger partial charge in [-0.1, -0.05) is 12.1 Å². The molecular formula is C9H11IN2. The van der Waals surface area contributed by atoms with Gasteiger partial charge in [0, 0.05) is 16.7 Å². The molecule has 1 aromatic carbocycles. The average Bonchev–Trinajstić information content (AvgIpc) is 2.57. The Bertz CT molecular complexity index is 269. The number of rotatable bonds is 1. The van der Waals surface area contributed by atoms with Gasteiger partial charge < -0.3 is 5.01 Å². The Morgan fingerprint density at radius 2 is 2.17 bits per heavy atom. The summed E-state index contributed by atoms with van der Waals surface area (Å²) in [4.78, 5) is 0. The van der Waals surface area contributed by atoms with Crippen LogP contribution in [0.5, 0.6) is 0 Å². The van der Waals surface area contributed by atoms with E-state index in [1.165, 1.54) is 15.7 Å². The molecule has 0 atom stereocenters. The molecule has 1 heterocycles. The topological polar surface area (TPSA) is 15.3 Å². The van der Waals surface area contributed by atoms with Crippen LogP contribution in [-0.2, 0) is 0 Å². The van der Waals surface area contributed by atoms with Gasteiger partial charge in [-0.05, 0) is 41.1 Å². The minimum Gasteiger partial charge on any atom is -0.307 e. The van der Waals surface area contributed by atoms with Crippen molar-refractivity contribution in [2.75, 3.05) is 18.1 Å². The molecule has 0 aliphatic carbocycles. The number of nitrogens with one attached hydrogen (secondary N) is 1. The molecule has 1 fully saturated rings. The van der Waals surface area contributed by atoms with Gasteiger partial charge in [-0.2, -0.15) is 0 Å². The van der Waals surface area contributed by atoms with Crippen molar-refractivity contribution in [3.8, 4) is 0 Å². The lowest BCUT2D eigenvalue weighted by Gasteiger charge is -2.18. The summed E-state index contributed by atoms with van der Waals surface area (Å²) in [6.07, 6.45) is 1.24. The normalized spacial score (nSPS) is 16.9. The van der Waals surface area contributed by atoms with Gasteiger partial charge >= 0.3 is 0 Å². The lowest BCUT2D eigenvalue weighted by Crippen LogP contribution is -2.30. The van der Waals surface area contributed by atoms with Crippen LogP contribution in [0.15, 0.2) is 24.3 Å². The van der Waals surface area contributed by atoms with Crippen molar-refractivity contribution >= 4 is 28.3 Å². The van der Waals surface area contributed by atoms with Gasteiger partial charge in [-0.15, -0.1) is 0 Å². The summed E-state index contributed by atoms with van der Waals surface area (Å²) in [6, 6.07) is 8.44. The Balaban J connectivity index is 2.26. The third kappa shape index (κ3) is 1.56. The van der Waals surface area contributed by atoms with Crippen LogP contribution < -0.4 is 10.4 Å². The predicted octanol–water partition coefficient (Wildman–Crippen LogP) is 2.01. The summed E-state index contributed by atoms with van der Waals surface area (Å²) < 4.78 is 1.31. The van der Waals surface area contributed by atoms with Crippen molar-refractivity contribution < 1.29 is 0 Å². The predicted molar refractivity (Wildman–Crippen MR) is 59.1 cm³/mol. The van der Waals surface area contributed by atoms with Crippen molar-refractivity contribution in [1.82, 2.24) is 5.43 Å². The highest BCUT2D eigenvalue weighted by molar-refractivity contribution is 14.1. The number of hydrazine groups is 1. The Kier molecular flexibility index (Phi) is 2.51. The summed E-state index contributed by atoms with van der Waals surface area (Å²) in [5.74, 6) is 0. The molecule has 2 nitrogen and oxygen atoms in total. The Labute approximate surface area is 86.1 Å². The third-order valence-electron chi connectivity index (χ3n) is 2.00. The molecule has 1 N–H and O–H groups in total. The van der Waals surface area contributed by atoms with E-state index in [-0.39, 0.29) is 0 Å². The number of halogens is 1. The van der Waals surface area contributed by atoms with Crippen molar-refractivity contribution in [3.05, 3.63) is 27.8 Å². The van der Waals surface area contributed by atoms with Gasteiger partial charge in [0.15, 0.2) is 0 Å². The molecule has 2 rings (SSSR count). The molecule has 1 aromatic rings. The standard InChI is InChI=1S/C9H11IN2/c10-8-4-1-2-5-9(8)12-7-3-6-11-12/h1-2,4-5,11H,3,6-7H2. The van der Waals surface area contributed by atoms with E-state index in [0.717, 1.165) is 13.1 Å². The van der Waals surface area contributed by atoms with Crippen LogP contribution in [0.2, 0.25) is 0 Å². The van der Waals surface area contributed by atoms with Crippen LogP contribution in [0.4, 0.5) is 5.69 Å². The summed E-state index contributed by atoms with van der Waals surface area (Å²) in [5.41, 5.74) is 4.64. The van der Waals surface area contributed by atoms with E-state index in [9.17, 15) is 0 Å². The lowest BCUT2D eigenvalue weighted by molar-refractivity contribution is 0.785. The molecule has 0 unspecified atom stereocenters. The summed E-state index contributed by atoms with van der Waals surface area (Å²) >= 11 is 2.37. The van der Waals surface area contributed by atoms with Gasteiger partial charge in [-0.25, -0.2) is 5.43 Å². The first-order valence-electron chi connectivity index (χ1n) is 4.13. The fourth-order valence-corrected chi connectivity index (χ4v) is 2.09. The maximum Gasteiger partial charge on any atom is 0.0653 e. The average molecular weight is 274 g/mol. The largest absolute Gasteiger partial charge is 0.307 e. The number of hydrogen-bond acceptors (Lipinski definition) is 2. The quantitative estimate of drug-likeness (QED) is 0.788. The van der Waals surface area contributed by atoms with Gasteiger partial charge in [0.25, 0.3) is 0 Å². The molecule has 64 valence electrons. The first-order valence-corrected chi connectivity index (χ1v) is 5.21. The highest BCUT2D eigenvalue weighted by atomic mass is 127. The van der Waals surface area contributed by atoms with Crippen molar-refractivity contribution in [1.29, 1.82) is 0 Å². The van der Waals surface area contributed by atoms with E-state index >= 15 is 0 Å². The molecule has 12 heavy (non-hydrogen) atoms. The second kappa shape index (κ2) is 3.62. The van der Waals surface area contributed by atoms with Crippen LogP contribution in [0.3, 0.4) is 0 Å².